The van der Waals surface area contributed by atoms with E-state index in [1.54, 1.807) is 13.1 Å². The fraction of sp³-hybridized carbons (Fsp3) is 0.886. The molecule has 9 nitrogen and oxygen atoms in total. The minimum absolute atomic E-state index is 0.000445. The molecule has 1 aliphatic rings. The number of ether oxygens (including phenoxy) is 2. The van der Waals surface area contributed by atoms with E-state index in [4.69, 9.17) is 23.6 Å². The maximum absolute atomic E-state index is 12.2. The van der Waals surface area contributed by atoms with Gasteiger partial charge >= 0.3 is 5.69 Å². The van der Waals surface area contributed by atoms with Crippen molar-refractivity contribution in [1.82, 2.24) is 9.55 Å². The predicted molar refractivity (Wildman–Crippen MR) is 192 cm³/mol. The van der Waals surface area contributed by atoms with Crippen LogP contribution in [0.25, 0.3) is 0 Å². The summed E-state index contributed by atoms with van der Waals surface area (Å²) in [5.41, 5.74) is -0.347. The molecule has 11 heteroatoms. The monoisotopic (exact) mass is 688 g/mol. The maximum atomic E-state index is 12.2. The SMILES string of the molecule is CCCCCCCCCCCCSCC(COOPOCC1CC[C@H](n2cc(C)c(=O)[nH]c2=O)O1)OCCCCCCCCCC. The molecule has 1 aliphatic heterocycles. The Labute approximate surface area is 284 Å². The molecule has 1 aromatic rings. The summed E-state index contributed by atoms with van der Waals surface area (Å²) < 4.78 is 24.7. The van der Waals surface area contributed by atoms with Gasteiger partial charge in [-0.2, -0.15) is 16.4 Å². The Bertz CT molecular complexity index is 979. The molecular weight excluding hydrogens is 623 g/mol. The normalized spacial score (nSPS) is 17.5. The van der Waals surface area contributed by atoms with Gasteiger partial charge in [-0.3, -0.25) is 14.3 Å². The van der Waals surface area contributed by atoms with E-state index in [1.165, 1.54) is 114 Å². The fourth-order valence-electron chi connectivity index (χ4n) is 5.64. The first-order valence-corrected chi connectivity index (χ1v) is 20.3. The van der Waals surface area contributed by atoms with Gasteiger partial charge in [0.1, 0.15) is 12.8 Å². The number of hydrogen-bond acceptors (Lipinski definition) is 8. The standard InChI is InChI=1S/C35H65N2O7PS/c1-4-6-8-10-12-14-15-17-19-21-25-46-29-32(40-24-20-18-16-13-11-9-7-5-2)27-41-44-45-42-28-31-22-23-33(43-31)37-26-30(3)34(38)36-35(37)39/h26,31-33,45H,4-25,27-29H2,1-3H3,(H,36,38,39)/t31?,32?,33-/m1/s1. The van der Waals surface area contributed by atoms with Crippen LogP contribution in [-0.4, -0.2) is 53.1 Å². The van der Waals surface area contributed by atoms with Crippen molar-refractivity contribution in [2.45, 2.75) is 168 Å². The number of nitrogens with one attached hydrogen (secondary N) is 1. The number of thioether (sulfide) groups is 1. The number of rotatable bonds is 31. The summed E-state index contributed by atoms with van der Waals surface area (Å²) in [6.45, 7) is 7.70. The van der Waals surface area contributed by atoms with Crippen molar-refractivity contribution in [2.24, 2.45) is 0 Å². The quantitative estimate of drug-likeness (QED) is 0.0357. The van der Waals surface area contributed by atoms with E-state index < -0.39 is 11.9 Å². The third kappa shape index (κ3) is 19.9. The number of H-pyrrole nitrogens is 1. The summed E-state index contributed by atoms with van der Waals surface area (Å²) >= 11 is 1.95. The molecule has 2 rings (SSSR count). The number of hydrogen-bond donors (Lipinski definition) is 1. The van der Waals surface area contributed by atoms with Crippen LogP contribution in [0.4, 0.5) is 0 Å². The second kappa shape index (κ2) is 28.1. The summed E-state index contributed by atoms with van der Waals surface area (Å²) in [6, 6.07) is 0. The first kappa shape index (κ1) is 41.4. The Morgan fingerprint density at radius 1 is 0.891 bits per heavy atom. The average Bonchev–Trinajstić information content (AvgIpc) is 3.52. The lowest BCUT2D eigenvalue weighted by molar-refractivity contribution is -0.223. The number of aromatic nitrogens is 2. The highest BCUT2D eigenvalue weighted by atomic mass is 32.2. The lowest BCUT2D eigenvalue weighted by Gasteiger charge is -2.18. The molecule has 4 atom stereocenters. The minimum Gasteiger partial charge on any atom is -0.375 e. The van der Waals surface area contributed by atoms with Gasteiger partial charge in [0, 0.05) is 24.1 Å². The van der Waals surface area contributed by atoms with E-state index in [-0.39, 0.29) is 26.8 Å². The Hall–Kier alpha value is -0.740. The zero-order valence-electron chi connectivity index (χ0n) is 29.2. The highest BCUT2D eigenvalue weighted by Gasteiger charge is 2.27. The molecular formula is C35H65N2O7PS. The van der Waals surface area contributed by atoms with Gasteiger partial charge < -0.3 is 14.0 Å². The Kier molecular flexibility index (Phi) is 25.3. The Morgan fingerprint density at radius 3 is 2.15 bits per heavy atom. The van der Waals surface area contributed by atoms with Crippen molar-refractivity contribution in [3.8, 4) is 0 Å². The molecule has 268 valence electrons. The first-order valence-electron chi connectivity index (χ1n) is 18.4. The molecule has 0 amide bonds. The summed E-state index contributed by atoms with van der Waals surface area (Å²) in [6.07, 6.45) is 26.3. The van der Waals surface area contributed by atoms with E-state index in [9.17, 15) is 9.59 Å². The van der Waals surface area contributed by atoms with Crippen LogP contribution in [-0.2, 0) is 23.6 Å². The second-order valence-corrected chi connectivity index (χ2v) is 14.5. The molecule has 1 N–H and O–H groups in total. The Morgan fingerprint density at radius 2 is 1.50 bits per heavy atom. The van der Waals surface area contributed by atoms with Crippen LogP contribution in [0.3, 0.4) is 0 Å². The van der Waals surface area contributed by atoms with Crippen LogP contribution in [0.15, 0.2) is 15.8 Å². The van der Waals surface area contributed by atoms with E-state index in [2.05, 4.69) is 18.8 Å². The lowest BCUT2D eigenvalue weighted by Crippen LogP contribution is -2.33. The zero-order valence-corrected chi connectivity index (χ0v) is 31.0. The van der Waals surface area contributed by atoms with Gasteiger partial charge in [0.25, 0.3) is 5.56 Å². The summed E-state index contributed by atoms with van der Waals surface area (Å²) in [4.78, 5) is 31.7. The van der Waals surface area contributed by atoms with Crippen LogP contribution < -0.4 is 11.2 Å². The van der Waals surface area contributed by atoms with Crippen molar-refractivity contribution >= 4 is 20.8 Å². The van der Waals surface area contributed by atoms with Crippen LogP contribution in [0.1, 0.15) is 154 Å². The third-order valence-electron chi connectivity index (χ3n) is 8.51. The summed E-state index contributed by atoms with van der Waals surface area (Å²) in [5.74, 6) is 2.07. The van der Waals surface area contributed by atoms with Crippen LogP contribution in [0.2, 0.25) is 0 Å². The van der Waals surface area contributed by atoms with Gasteiger partial charge in [0.2, 0.25) is 0 Å². The molecule has 0 spiro atoms. The lowest BCUT2D eigenvalue weighted by atomic mass is 10.1. The van der Waals surface area contributed by atoms with E-state index in [1.807, 2.05) is 11.8 Å². The van der Waals surface area contributed by atoms with Gasteiger partial charge in [-0.05, 0) is 38.4 Å². The van der Waals surface area contributed by atoms with Crippen molar-refractivity contribution in [2.75, 3.05) is 31.3 Å². The molecule has 2 heterocycles. The molecule has 3 unspecified atom stereocenters. The molecule has 1 aromatic heterocycles. The van der Waals surface area contributed by atoms with Crippen LogP contribution >= 0.6 is 20.8 Å². The van der Waals surface area contributed by atoms with Gasteiger partial charge in [0.05, 0.1) is 18.8 Å². The van der Waals surface area contributed by atoms with Gasteiger partial charge in [-0.15, -0.1) is 0 Å². The van der Waals surface area contributed by atoms with E-state index in [0.29, 0.717) is 25.2 Å². The van der Waals surface area contributed by atoms with Crippen molar-refractivity contribution in [1.29, 1.82) is 0 Å². The predicted octanol–water partition coefficient (Wildman–Crippen LogP) is 9.18. The smallest absolute Gasteiger partial charge is 0.330 e. The number of nitrogens with zero attached hydrogens (tertiary/aromatic N) is 1. The minimum atomic E-state index is -0.457. The zero-order chi connectivity index (χ0) is 33.1. The van der Waals surface area contributed by atoms with Gasteiger partial charge in [-0.25, -0.2) is 9.68 Å². The topological polar surface area (TPSA) is 101 Å². The van der Waals surface area contributed by atoms with Crippen molar-refractivity contribution < 1.29 is 23.6 Å². The molecule has 0 saturated carbocycles. The number of aryl methyl sites for hydroxylation is 1. The highest BCUT2D eigenvalue weighted by molar-refractivity contribution is 7.99. The average molecular weight is 689 g/mol. The highest BCUT2D eigenvalue weighted by Crippen LogP contribution is 2.29. The second-order valence-electron chi connectivity index (χ2n) is 12.8. The van der Waals surface area contributed by atoms with Gasteiger partial charge in [0.15, 0.2) is 9.03 Å². The van der Waals surface area contributed by atoms with E-state index >= 15 is 0 Å². The van der Waals surface area contributed by atoms with Crippen molar-refractivity contribution in [3.05, 3.63) is 32.6 Å². The molecule has 0 aromatic carbocycles. The van der Waals surface area contributed by atoms with Crippen molar-refractivity contribution in [3.63, 3.8) is 0 Å². The summed E-state index contributed by atoms with van der Waals surface area (Å²) in [7, 11) is -0.267. The summed E-state index contributed by atoms with van der Waals surface area (Å²) in [5, 5.41) is 0. The molecule has 0 radical (unpaired) electrons. The largest absolute Gasteiger partial charge is 0.375 e. The first-order chi connectivity index (χ1) is 22.5. The molecule has 0 aliphatic carbocycles. The van der Waals surface area contributed by atoms with Crippen LogP contribution in [0.5, 0.6) is 0 Å². The third-order valence-corrected chi connectivity index (χ3v) is 10.2. The number of aromatic amines is 1. The number of unbranched alkanes of at least 4 members (excludes halogenated alkanes) is 16. The molecule has 46 heavy (non-hydrogen) atoms. The maximum Gasteiger partial charge on any atom is 0.330 e. The van der Waals surface area contributed by atoms with Gasteiger partial charge in [-0.1, -0.05) is 117 Å². The Balaban J connectivity index is 1.58. The fourth-order valence-corrected chi connectivity index (χ4v) is 7.08. The van der Waals surface area contributed by atoms with E-state index in [0.717, 1.165) is 31.0 Å². The molecule has 1 saturated heterocycles. The van der Waals surface area contributed by atoms with Crippen LogP contribution in [0, 0.1) is 6.92 Å². The molecule has 0 bridgehead atoms. The molecule has 1 fully saturated rings.